The molecule has 0 fully saturated rings. The molecule has 2 heterocycles. The molecule has 0 aliphatic heterocycles. The van der Waals surface area contributed by atoms with Gasteiger partial charge in [0.15, 0.2) is 0 Å². The van der Waals surface area contributed by atoms with E-state index < -0.39 is 0 Å². The van der Waals surface area contributed by atoms with Gasteiger partial charge in [0.2, 0.25) is 11.8 Å². The molecule has 0 saturated heterocycles. The van der Waals surface area contributed by atoms with E-state index in [2.05, 4.69) is 20.6 Å². The predicted molar refractivity (Wildman–Crippen MR) is 54.3 cm³/mol. The molecule has 2 aromatic heterocycles. The Balaban J connectivity index is 2.01. The van der Waals surface area contributed by atoms with Crippen molar-refractivity contribution in [3.05, 3.63) is 23.7 Å². The number of rotatable bonds is 3. The van der Waals surface area contributed by atoms with Crippen molar-refractivity contribution < 1.29 is 4.42 Å². The summed E-state index contributed by atoms with van der Waals surface area (Å²) in [5.41, 5.74) is 1.93. The molecule has 2 aromatic rings. The van der Waals surface area contributed by atoms with E-state index in [1.165, 1.54) is 0 Å². The zero-order chi connectivity index (χ0) is 10.8. The summed E-state index contributed by atoms with van der Waals surface area (Å²) in [5, 5.41) is 15.0. The van der Waals surface area contributed by atoms with Gasteiger partial charge in [-0.25, -0.2) is 0 Å². The van der Waals surface area contributed by atoms with Crippen molar-refractivity contribution in [1.29, 1.82) is 0 Å². The first-order valence-electron chi connectivity index (χ1n) is 4.68. The molecule has 0 aliphatic carbocycles. The highest BCUT2D eigenvalue weighted by Crippen LogP contribution is 2.12. The Kier molecular flexibility index (Phi) is 2.40. The van der Waals surface area contributed by atoms with Crippen LogP contribution in [0, 0.1) is 13.8 Å². The van der Waals surface area contributed by atoms with Gasteiger partial charge < -0.3 is 9.73 Å². The third-order valence-electron chi connectivity index (χ3n) is 2.01. The molecule has 0 aromatic carbocycles. The lowest BCUT2D eigenvalue weighted by atomic mass is 10.4. The second-order valence-electron chi connectivity index (χ2n) is 3.37. The van der Waals surface area contributed by atoms with E-state index in [0.29, 0.717) is 18.3 Å². The fourth-order valence-corrected chi connectivity index (χ4v) is 1.35. The van der Waals surface area contributed by atoms with Crippen molar-refractivity contribution in [3.8, 4) is 0 Å². The summed E-state index contributed by atoms with van der Waals surface area (Å²) < 4.78 is 7.00. The molecule has 0 atom stereocenters. The van der Waals surface area contributed by atoms with Crippen molar-refractivity contribution >= 4 is 5.69 Å². The van der Waals surface area contributed by atoms with Crippen LogP contribution in [0.1, 0.15) is 17.5 Å². The van der Waals surface area contributed by atoms with Crippen LogP contribution >= 0.6 is 0 Å². The van der Waals surface area contributed by atoms with E-state index in [-0.39, 0.29) is 0 Å². The van der Waals surface area contributed by atoms with Crippen LogP contribution in [0.2, 0.25) is 0 Å². The Morgan fingerprint density at radius 1 is 1.40 bits per heavy atom. The number of nitrogens with zero attached hydrogens (tertiary/aromatic N) is 4. The third kappa shape index (κ3) is 2.15. The largest absolute Gasteiger partial charge is 0.424 e. The van der Waals surface area contributed by atoms with Crippen LogP contribution in [0.4, 0.5) is 5.69 Å². The average molecular weight is 207 g/mol. The fourth-order valence-electron chi connectivity index (χ4n) is 1.35. The molecule has 0 radical (unpaired) electrons. The fraction of sp³-hybridized carbons (Fsp3) is 0.444. The number of aromatic nitrogens is 4. The van der Waals surface area contributed by atoms with Gasteiger partial charge >= 0.3 is 0 Å². The Labute approximate surface area is 87.3 Å². The van der Waals surface area contributed by atoms with Gasteiger partial charge in [-0.05, 0) is 6.92 Å². The zero-order valence-corrected chi connectivity index (χ0v) is 8.98. The van der Waals surface area contributed by atoms with Crippen LogP contribution in [0.15, 0.2) is 10.6 Å². The van der Waals surface area contributed by atoms with Crippen molar-refractivity contribution in [2.75, 3.05) is 5.32 Å². The highest BCUT2D eigenvalue weighted by atomic mass is 16.4. The number of anilines is 1. The maximum atomic E-state index is 5.24. The summed E-state index contributed by atoms with van der Waals surface area (Å²) in [6.45, 7) is 4.24. The van der Waals surface area contributed by atoms with Gasteiger partial charge in [0.05, 0.1) is 17.9 Å². The maximum absolute atomic E-state index is 5.24. The monoisotopic (exact) mass is 207 g/mol. The van der Waals surface area contributed by atoms with Crippen LogP contribution < -0.4 is 5.32 Å². The van der Waals surface area contributed by atoms with Crippen LogP contribution in [0.25, 0.3) is 0 Å². The number of aryl methyl sites for hydroxylation is 3. The highest BCUT2D eigenvalue weighted by molar-refractivity contribution is 5.45. The molecule has 2 rings (SSSR count). The van der Waals surface area contributed by atoms with Crippen LogP contribution in [-0.4, -0.2) is 20.0 Å². The number of nitrogens with one attached hydrogen (secondary N) is 1. The third-order valence-corrected chi connectivity index (χ3v) is 2.01. The van der Waals surface area contributed by atoms with Crippen LogP contribution in [0.5, 0.6) is 0 Å². The molecular formula is C9H13N5O. The Morgan fingerprint density at radius 2 is 2.20 bits per heavy atom. The van der Waals surface area contributed by atoms with E-state index >= 15 is 0 Å². The van der Waals surface area contributed by atoms with E-state index in [9.17, 15) is 0 Å². The number of hydrogen-bond acceptors (Lipinski definition) is 5. The minimum absolute atomic E-state index is 0.521. The predicted octanol–water partition coefficient (Wildman–Crippen LogP) is 1.03. The summed E-state index contributed by atoms with van der Waals surface area (Å²) in [4.78, 5) is 0. The van der Waals surface area contributed by atoms with Gasteiger partial charge in [-0.3, -0.25) is 4.68 Å². The summed E-state index contributed by atoms with van der Waals surface area (Å²) in [6.07, 6.45) is 1.92. The second-order valence-corrected chi connectivity index (χ2v) is 3.37. The highest BCUT2D eigenvalue weighted by Gasteiger charge is 2.05. The quantitative estimate of drug-likeness (QED) is 0.814. The van der Waals surface area contributed by atoms with Crippen LogP contribution in [-0.2, 0) is 13.6 Å². The SMILES string of the molecule is Cc1nnc(CNc2cn(C)nc2C)o1. The minimum atomic E-state index is 0.521. The van der Waals surface area contributed by atoms with Crippen molar-refractivity contribution in [2.24, 2.45) is 7.05 Å². The van der Waals surface area contributed by atoms with Gasteiger partial charge in [0.25, 0.3) is 0 Å². The molecule has 6 nitrogen and oxygen atoms in total. The molecular weight excluding hydrogens is 194 g/mol. The standard InChI is InChI=1S/C9H13N5O/c1-6-8(5-14(3)13-6)10-4-9-12-11-7(2)15-9/h5,10H,4H2,1-3H3. The molecule has 0 bridgehead atoms. The Bertz CT molecular complexity index is 459. The lowest BCUT2D eigenvalue weighted by molar-refractivity contribution is 0.475. The summed E-state index contributed by atoms with van der Waals surface area (Å²) in [6, 6.07) is 0. The summed E-state index contributed by atoms with van der Waals surface area (Å²) in [7, 11) is 1.88. The van der Waals surface area contributed by atoms with Gasteiger partial charge in [0, 0.05) is 20.2 Å². The zero-order valence-electron chi connectivity index (χ0n) is 8.98. The summed E-state index contributed by atoms with van der Waals surface area (Å²) >= 11 is 0. The molecule has 0 amide bonds. The molecule has 0 saturated carbocycles. The maximum Gasteiger partial charge on any atom is 0.235 e. The molecule has 0 unspecified atom stereocenters. The first-order valence-corrected chi connectivity index (χ1v) is 4.68. The smallest absolute Gasteiger partial charge is 0.235 e. The number of hydrogen-bond donors (Lipinski definition) is 1. The van der Waals surface area contributed by atoms with Gasteiger partial charge in [-0.1, -0.05) is 0 Å². The van der Waals surface area contributed by atoms with Crippen molar-refractivity contribution in [3.63, 3.8) is 0 Å². The topological polar surface area (TPSA) is 68.8 Å². The molecule has 0 aliphatic rings. The van der Waals surface area contributed by atoms with Crippen LogP contribution in [0.3, 0.4) is 0 Å². The normalized spacial score (nSPS) is 10.6. The molecule has 6 heteroatoms. The summed E-state index contributed by atoms with van der Waals surface area (Å²) in [5.74, 6) is 1.16. The molecule has 1 N–H and O–H groups in total. The van der Waals surface area contributed by atoms with E-state index in [1.54, 1.807) is 11.6 Å². The first kappa shape index (κ1) is 9.70. The Hall–Kier alpha value is -1.85. The lowest BCUT2D eigenvalue weighted by Gasteiger charge is -1.99. The molecule has 15 heavy (non-hydrogen) atoms. The van der Waals surface area contributed by atoms with Gasteiger partial charge in [-0.15, -0.1) is 10.2 Å². The Morgan fingerprint density at radius 3 is 2.73 bits per heavy atom. The van der Waals surface area contributed by atoms with Crippen molar-refractivity contribution in [2.45, 2.75) is 20.4 Å². The van der Waals surface area contributed by atoms with Gasteiger partial charge in [-0.2, -0.15) is 5.10 Å². The van der Waals surface area contributed by atoms with E-state index in [1.807, 2.05) is 20.2 Å². The average Bonchev–Trinajstić information content (AvgIpc) is 2.70. The van der Waals surface area contributed by atoms with Gasteiger partial charge in [0.1, 0.15) is 0 Å². The lowest BCUT2D eigenvalue weighted by Crippen LogP contribution is -1.99. The van der Waals surface area contributed by atoms with E-state index in [0.717, 1.165) is 11.4 Å². The molecule has 80 valence electrons. The van der Waals surface area contributed by atoms with Crippen molar-refractivity contribution in [1.82, 2.24) is 20.0 Å². The minimum Gasteiger partial charge on any atom is -0.424 e. The van der Waals surface area contributed by atoms with E-state index in [4.69, 9.17) is 4.42 Å². The molecule has 0 spiro atoms. The first-order chi connectivity index (χ1) is 7.15. The second kappa shape index (κ2) is 3.72.